The number of halogens is 1. The van der Waals surface area contributed by atoms with Crippen LogP contribution < -0.4 is 5.32 Å². The van der Waals surface area contributed by atoms with Crippen molar-refractivity contribution in [3.05, 3.63) is 71.1 Å². The maximum Gasteiger partial charge on any atom is 0.271 e. The number of nitrogens with zero attached hydrogens (tertiary/aromatic N) is 2. The van der Waals surface area contributed by atoms with Gasteiger partial charge in [0, 0.05) is 23.7 Å². The summed E-state index contributed by atoms with van der Waals surface area (Å²) in [6, 6.07) is 11.9. The number of amides is 1. The minimum absolute atomic E-state index is 0.127. The molecule has 3 aromatic rings. The molecule has 0 aliphatic carbocycles. The van der Waals surface area contributed by atoms with E-state index in [2.05, 4.69) is 15.3 Å². The van der Waals surface area contributed by atoms with Gasteiger partial charge in [0.2, 0.25) is 0 Å². The highest BCUT2D eigenvalue weighted by molar-refractivity contribution is 7.13. The number of thiazole rings is 1. The fraction of sp³-hybridized carbons (Fsp3) is 0.0625. The molecule has 6 heteroatoms. The molecule has 0 aliphatic heterocycles. The van der Waals surface area contributed by atoms with E-state index in [4.69, 9.17) is 0 Å². The second kappa shape index (κ2) is 6.44. The first-order chi connectivity index (χ1) is 10.7. The molecule has 0 radical (unpaired) electrons. The molecule has 4 nitrogen and oxygen atoms in total. The van der Waals surface area contributed by atoms with Crippen molar-refractivity contribution in [2.45, 2.75) is 6.54 Å². The van der Waals surface area contributed by atoms with E-state index in [9.17, 15) is 9.18 Å². The van der Waals surface area contributed by atoms with E-state index in [0.717, 1.165) is 5.69 Å². The van der Waals surface area contributed by atoms with Crippen LogP contribution in [-0.4, -0.2) is 15.9 Å². The van der Waals surface area contributed by atoms with Crippen molar-refractivity contribution in [3.63, 3.8) is 0 Å². The Morgan fingerprint density at radius 3 is 2.77 bits per heavy atom. The smallest absolute Gasteiger partial charge is 0.271 e. The Morgan fingerprint density at radius 1 is 1.18 bits per heavy atom. The number of aromatic nitrogens is 2. The molecule has 0 fully saturated rings. The van der Waals surface area contributed by atoms with Crippen molar-refractivity contribution in [1.82, 2.24) is 15.3 Å². The second-order valence-corrected chi connectivity index (χ2v) is 5.39. The predicted molar refractivity (Wildman–Crippen MR) is 82.9 cm³/mol. The lowest BCUT2D eigenvalue weighted by atomic mass is 10.2. The number of carbonyl (C=O) groups excluding carboxylic acids is 1. The molecule has 0 unspecified atom stereocenters. The Bertz CT molecular complexity index is 789. The van der Waals surface area contributed by atoms with E-state index >= 15 is 0 Å². The first-order valence-corrected chi connectivity index (χ1v) is 7.50. The van der Waals surface area contributed by atoms with Gasteiger partial charge in [0.15, 0.2) is 0 Å². The molecule has 2 aromatic heterocycles. The molecule has 0 saturated carbocycles. The maximum atomic E-state index is 13.5. The van der Waals surface area contributed by atoms with Crippen LogP contribution in [0.5, 0.6) is 0 Å². The number of hydrogen-bond donors (Lipinski definition) is 1. The molecule has 0 aliphatic rings. The van der Waals surface area contributed by atoms with Gasteiger partial charge < -0.3 is 5.32 Å². The van der Waals surface area contributed by atoms with Crippen LogP contribution >= 0.6 is 11.3 Å². The molecule has 2 heterocycles. The van der Waals surface area contributed by atoms with Crippen LogP contribution in [0, 0.1) is 5.82 Å². The highest BCUT2D eigenvalue weighted by Crippen LogP contribution is 2.21. The van der Waals surface area contributed by atoms with Gasteiger partial charge in [-0.3, -0.25) is 9.78 Å². The fourth-order valence-corrected chi connectivity index (χ4v) is 2.67. The summed E-state index contributed by atoms with van der Waals surface area (Å²) in [7, 11) is 0. The van der Waals surface area contributed by atoms with Gasteiger partial charge >= 0.3 is 0 Å². The molecular weight excluding hydrogens is 301 g/mol. The summed E-state index contributed by atoms with van der Waals surface area (Å²) in [6.07, 6.45) is 1.68. The SMILES string of the molecule is O=C(NCc1ccccc1F)c1csc(-c2ccccn2)n1. The molecule has 110 valence electrons. The molecule has 1 aromatic carbocycles. The number of benzene rings is 1. The van der Waals surface area contributed by atoms with Gasteiger partial charge in [-0.25, -0.2) is 9.37 Å². The third-order valence-electron chi connectivity index (χ3n) is 3.02. The zero-order valence-electron chi connectivity index (χ0n) is 11.5. The van der Waals surface area contributed by atoms with Crippen LogP contribution in [0.15, 0.2) is 54.0 Å². The lowest BCUT2D eigenvalue weighted by molar-refractivity contribution is 0.0946. The van der Waals surface area contributed by atoms with Gasteiger partial charge in [-0.05, 0) is 18.2 Å². The third-order valence-corrected chi connectivity index (χ3v) is 3.88. The summed E-state index contributed by atoms with van der Waals surface area (Å²) in [5.74, 6) is -0.670. The highest BCUT2D eigenvalue weighted by Gasteiger charge is 2.12. The van der Waals surface area contributed by atoms with Crippen LogP contribution in [-0.2, 0) is 6.54 Å². The van der Waals surface area contributed by atoms with Crippen molar-refractivity contribution in [2.75, 3.05) is 0 Å². The van der Waals surface area contributed by atoms with Crippen molar-refractivity contribution in [1.29, 1.82) is 0 Å². The predicted octanol–water partition coefficient (Wildman–Crippen LogP) is 3.27. The molecule has 0 saturated heterocycles. The van der Waals surface area contributed by atoms with Crippen LogP contribution in [0.1, 0.15) is 16.1 Å². The molecule has 0 spiro atoms. The first kappa shape index (κ1) is 14.3. The lowest BCUT2D eigenvalue weighted by Crippen LogP contribution is -2.23. The zero-order chi connectivity index (χ0) is 15.4. The first-order valence-electron chi connectivity index (χ1n) is 6.62. The molecule has 22 heavy (non-hydrogen) atoms. The van der Waals surface area contributed by atoms with E-state index in [0.29, 0.717) is 16.3 Å². The normalized spacial score (nSPS) is 10.4. The summed E-state index contributed by atoms with van der Waals surface area (Å²) in [6.45, 7) is 0.127. The Hall–Kier alpha value is -2.60. The number of hydrogen-bond acceptors (Lipinski definition) is 4. The Kier molecular flexibility index (Phi) is 4.20. The summed E-state index contributed by atoms with van der Waals surface area (Å²) in [5.41, 5.74) is 1.47. The molecular formula is C16H12FN3OS. The topological polar surface area (TPSA) is 54.9 Å². The standard InChI is InChI=1S/C16H12FN3OS/c17-12-6-2-1-5-11(12)9-19-15(21)14-10-22-16(20-14)13-7-3-4-8-18-13/h1-8,10H,9H2,(H,19,21). The van der Waals surface area contributed by atoms with Gasteiger partial charge in [-0.2, -0.15) is 0 Å². The van der Waals surface area contributed by atoms with Gasteiger partial charge in [0.1, 0.15) is 16.5 Å². The minimum Gasteiger partial charge on any atom is -0.346 e. The van der Waals surface area contributed by atoms with Gasteiger partial charge in [0.25, 0.3) is 5.91 Å². The largest absolute Gasteiger partial charge is 0.346 e. The average molecular weight is 313 g/mol. The van der Waals surface area contributed by atoms with Crippen LogP contribution in [0.3, 0.4) is 0 Å². The zero-order valence-corrected chi connectivity index (χ0v) is 12.3. The summed E-state index contributed by atoms with van der Waals surface area (Å²) in [4.78, 5) is 20.5. The fourth-order valence-electron chi connectivity index (χ4n) is 1.89. The number of nitrogens with one attached hydrogen (secondary N) is 1. The molecule has 1 N–H and O–H groups in total. The van der Waals surface area contributed by atoms with Gasteiger partial charge in [-0.15, -0.1) is 11.3 Å². The van der Waals surface area contributed by atoms with Crippen molar-refractivity contribution < 1.29 is 9.18 Å². The molecule has 1 amide bonds. The Labute approximate surface area is 130 Å². The lowest BCUT2D eigenvalue weighted by Gasteiger charge is -2.04. The van der Waals surface area contributed by atoms with E-state index in [1.54, 1.807) is 29.8 Å². The van der Waals surface area contributed by atoms with Gasteiger partial charge in [-0.1, -0.05) is 24.3 Å². The van der Waals surface area contributed by atoms with E-state index in [1.807, 2.05) is 18.2 Å². The third kappa shape index (κ3) is 3.17. The highest BCUT2D eigenvalue weighted by atomic mass is 32.1. The van der Waals surface area contributed by atoms with Crippen molar-refractivity contribution in [3.8, 4) is 10.7 Å². The van der Waals surface area contributed by atoms with E-state index in [-0.39, 0.29) is 18.3 Å². The van der Waals surface area contributed by atoms with Crippen LogP contribution in [0.4, 0.5) is 4.39 Å². The van der Waals surface area contributed by atoms with Crippen LogP contribution in [0.25, 0.3) is 10.7 Å². The Morgan fingerprint density at radius 2 is 2.00 bits per heavy atom. The molecule has 0 bridgehead atoms. The number of carbonyl (C=O) groups is 1. The summed E-state index contributed by atoms with van der Waals surface area (Å²) < 4.78 is 13.5. The Balaban J connectivity index is 1.69. The van der Waals surface area contributed by atoms with Crippen LogP contribution in [0.2, 0.25) is 0 Å². The quantitative estimate of drug-likeness (QED) is 0.804. The molecule has 0 atom stereocenters. The number of rotatable bonds is 4. The van der Waals surface area contributed by atoms with Gasteiger partial charge in [0.05, 0.1) is 5.69 Å². The maximum absolute atomic E-state index is 13.5. The van der Waals surface area contributed by atoms with Crippen molar-refractivity contribution in [2.24, 2.45) is 0 Å². The second-order valence-electron chi connectivity index (χ2n) is 4.53. The minimum atomic E-state index is -0.338. The summed E-state index contributed by atoms with van der Waals surface area (Å²) in [5, 5.41) is 5.01. The number of pyridine rings is 1. The molecule has 3 rings (SSSR count). The van der Waals surface area contributed by atoms with E-state index in [1.165, 1.54) is 17.4 Å². The van der Waals surface area contributed by atoms with Crippen molar-refractivity contribution >= 4 is 17.2 Å². The summed E-state index contributed by atoms with van der Waals surface area (Å²) >= 11 is 1.35. The van der Waals surface area contributed by atoms with E-state index < -0.39 is 0 Å². The average Bonchev–Trinajstić information content (AvgIpc) is 3.05. The monoisotopic (exact) mass is 313 g/mol.